The number of nitrogens with zero attached hydrogens (tertiary/aromatic N) is 3. The summed E-state index contributed by atoms with van der Waals surface area (Å²) >= 11 is 0.764. The summed E-state index contributed by atoms with van der Waals surface area (Å²) in [5.74, 6) is -1.46. The van der Waals surface area contributed by atoms with Crippen LogP contribution in [0.1, 0.15) is 11.5 Å². The van der Waals surface area contributed by atoms with Gasteiger partial charge in [0.2, 0.25) is 5.82 Å². The molecule has 0 aliphatic rings. The molecule has 0 unspecified atom stereocenters. The Morgan fingerprint density at radius 1 is 1.37 bits per heavy atom. The van der Waals surface area contributed by atoms with Crippen LogP contribution < -0.4 is 5.56 Å². The third-order valence-electron chi connectivity index (χ3n) is 1.92. The molecule has 2 heterocycles. The minimum Gasteiger partial charge on any atom is -0.299 e. The predicted octanol–water partition coefficient (Wildman–Crippen LogP) is 1.34. The van der Waals surface area contributed by atoms with E-state index in [1.165, 1.54) is 6.33 Å². The van der Waals surface area contributed by atoms with Crippen LogP contribution in [-0.2, 0) is 11.9 Å². The van der Waals surface area contributed by atoms with Gasteiger partial charge < -0.3 is 0 Å². The molecule has 0 saturated carbocycles. The van der Waals surface area contributed by atoms with Crippen molar-refractivity contribution in [2.75, 3.05) is 0 Å². The molecule has 0 aromatic carbocycles. The van der Waals surface area contributed by atoms with Crippen molar-refractivity contribution in [2.45, 2.75) is 17.1 Å². The molecule has 19 heavy (non-hydrogen) atoms. The van der Waals surface area contributed by atoms with Crippen molar-refractivity contribution in [3.05, 3.63) is 34.0 Å². The van der Waals surface area contributed by atoms with Crippen molar-refractivity contribution in [1.82, 2.24) is 25.1 Å². The van der Waals surface area contributed by atoms with E-state index in [9.17, 15) is 22.4 Å². The Morgan fingerprint density at radius 3 is 2.68 bits per heavy atom. The molecule has 0 spiro atoms. The molecule has 0 fully saturated rings. The van der Waals surface area contributed by atoms with Gasteiger partial charge in [-0.2, -0.15) is 22.7 Å². The molecule has 11 heteroatoms. The summed E-state index contributed by atoms with van der Waals surface area (Å²) in [5.41, 5.74) is -3.31. The molecule has 102 valence electrons. The number of thioether (sulfide) groups is 1. The highest BCUT2D eigenvalue weighted by Gasteiger charge is 2.38. The van der Waals surface area contributed by atoms with E-state index >= 15 is 0 Å². The molecule has 2 N–H and O–H groups in total. The lowest BCUT2D eigenvalue weighted by atomic mass is 10.4. The van der Waals surface area contributed by atoms with E-state index in [4.69, 9.17) is 0 Å². The molecule has 0 saturated heterocycles. The average molecular weight is 295 g/mol. The maximum atomic E-state index is 13.0. The van der Waals surface area contributed by atoms with Gasteiger partial charge in [-0.15, -0.1) is 0 Å². The first kappa shape index (κ1) is 13.5. The normalized spacial score (nSPS) is 11.8. The van der Waals surface area contributed by atoms with Crippen LogP contribution in [0.3, 0.4) is 0 Å². The van der Waals surface area contributed by atoms with Crippen LogP contribution in [0, 0.1) is 5.82 Å². The van der Waals surface area contributed by atoms with Crippen LogP contribution in [0.2, 0.25) is 0 Å². The Labute approximate surface area is 106 Å². The SMILES string of the molecule is O=c1[nH]c(SCc2ncn[nH]2)nc(C(F)(F)F)c1F. The van der Waals surface area contributed by atoms with Crippen molar-refractivity contribution >= 4 is 11.8 Å². The highest BCUT2D eigenvalue weighted by atomic mass is 32.2. The lowest BCUT2D eigenvalue weighted by molar-refractivity contribution is -0.144. The Balaban J connectivity index is 2.27. The molecular weight excluding hydrogens is 290 g/mol. The van der Waals surface area contributed by atoms with E-state index in [1.807, 2.05) is 4.98 Å². The summed E-state index contributed by atoms with van der Waals surface area (Å²) in [7, 11) is 0. The Kier molecular flexibility index (Phi) is 3.55. The molecule has 2 aromatic heterocycles. The van der Waals surface area contributed by atoms with Crippen LogP contribution >= 0.6 is 11.8 Å². The summed E-state index contributed by atoms with van der Waals surface area (Å²) in [5, 5.41) is 5.67. The fourth-order valence-electron chi connectivity index (χ4n) is 1.13. The molecule has 0 aliphatic heterocycles. The Hall–Kier alpha value is -1.91. The van der Waals surface area contributed by atoms with Crippen molar-refractivity contribution in [1.29, 1.82) is 0 Å². The molecule has 0 aliphatic carbocycles. The zero-order chi connectivity index (χ0) is 14.0. The van der Waals surface area contributed by atoms with Gasteiger partial charge in [-0.3, -0.25) is 14.9 Å². The second kappa shape index (κ2) is 4.99. The average Bonchev–Trinajstić information content (AvgIpc) is 2.82. The summed E-state index contributed by atoms with van der Waals surface area (Å²) in [4.78, 5) is 19.7. The van der Waals surface area contributed by atoms with Gasteiger partial charge in [0, 0.05) is 0 Å². The molecule has 0 radical (unpaired) electrons. The van der Waals surface area contributed by atoms with E-state index in [0.29, 0.717) is 5.82 Å². The second-order valence-corrected chi connectivity index (χ2v) is 4.22. The minimum absolute atomic E-state index is 0.103. The van der Waals surface area contributed by atoms with Crippen molar-refractivity contribution in [2.24, 2.45) is 0 Å². The Morgan fingerprint density at radius 2 is 2.11 bits per heavy atom. The quantitative estimate of drug-likeness (QED) is 0.507. The smallest absolute Gasteiger partial charge is 0.299 e. The van der Waals surface area contributed by atoms with Gasteiger partial charge in [0.15, 0.2) is 10.9 Å². The van der Waals surface area contributed by atoms with Gasteiger partial charge in [0.25, 0.3) is 5.56 Å². The van der Waals surface area contributed by atoms with Crippen LogP contribution in [-0.4, -0.2) is 25.1 Å². The molecule has 2 rings (SSSR count). The van der Waals surface area contributed by atoms with E-state index in [2.05, 4.69) is 20.2 Å². The molecular formula is C8H5F4N5OS. The number of alkyl halides is 3. The van der Waals surface area contributed by atoms with Crippen molar-refractivity contribution < 1.29 is 17.6 Å². The van der Waals surface area contributed by atoms with Gasteiger partial charge in [-0.25, -0.2) is 9.97 Å². The fraction of sp³-hybridized carbons (Fsp3) is 0.250. The van der Waals surface area contributed by atoms with Crippen molar-refractivity contribution in [3.8, 4) is 0 Å². The van der Waals surface area contributed by atoms with E-state index in [-0.39, 0.29) is 10.9 Å². The number of hydrogen-bond acceptors (Lipinski definition) is 5. The zero-order valence-electron chi connectivity index (χ0n) is 8.95. The van der Waals surface area contributed by atoms with Gasteiger partial charge in [0.1, 0.15) is 12.2 Å². The van der Waals surface area contributed by atoms with E-state index in [1.54, 1.807) is 0 Å². The van der Waals surface area contributed by atoms with Gasteiger partial charge >= 0.3 is 6.18 Å². The van der Waals surface area contributed by atoms with Crippen LogP contribution in [0.25, 0.3) is 0 Å². The van der Waals surface area contributed by atoms with Gasteiger partial charge in [-0.1, -0.05) is 11.8 Å². The number of rotatable bonds is 3. The first-order chi connectivity index (χ1) is 8.88. The molecule has 0 bridgehead atoms. The van der Waals surface area contributed by atoms with Crippen LogP contribution in [0.5, 0.6) is 0 Å². The first-order valence-corrected chi connectivity index (χ1v) is 5.70. The fourth-order valence-corrected chi connectivity index (χ4v) is 1.86. The van der Waals surface area contributed by atoms with E-state index < -0.39 is 23.2 Å². The highest BCUT2D eigenvalue weighted by Crippen LogP contribution is 2.29. The number of aromatic amines is 2. The number of halogens is 4. The third-order valence-corrected chi connectivity index (χ3v) is 2.80. The molecule has 0 amide bonds. The van der Waals surface area contributed by atoms with E-state index in [0.717, 1.165) is 11.8 Å². The summed E-state index contributed by atoms with van der Waals surface area (Å²) < 4.78 is 50.3. The summed E-state index contributed by atoms with van der Waals surface area (Å²) in [6.45, 7) is 0. The first-order valence-electron chi connectivity index (χ1n) is 4.72. The maximum Gasteiger partial charge on any atom is 0.436 e. The Bertz CT molecular complexity index is 623. The van der Waals surface area contributed by atoms with Crippen molar-refractivity contribution in [3.63, 3.8) is 0 Å². The largest absolute Gasteiger partial charge is 0.436 e. The lowest BCUT2D eigenvalue weighted by Crippen LogP contribution is -2.22. The van der Waals surface area contributed by atoms with Gasteiger partial charge in [0.05, 0.1) is 5.75 Å². The highest BCUT2D eigenvalue weighted by molar-refractivity contribution is 7.98. The van der Waals surface area contributed by atoms with Crippen LogP contribution in [0.15, 0.2) is 16.3 Å². The number of H-pyrrole nitrogens is 2. The molecule has 0 atom stereocenters. The standard InChI is InChI=1S/C8H5F4N5OS/c9-4-5(8(10,11)12)15-7(16-6(4)18)19-1-3-13-2-14-17-3/h2H,1H2,(H,13,14,17)(H,15,16,18). The van der Waals surface area contributed by atoms with Gasteiger partial charge in [-0.05, 0) is 0 Å². The second-order valence-electron chi connectivity index (χ2n) is 3.25. The zero-order valence-corrected chi connectivity index (χ0v) is 9.77. The summed E-state index contributed by atoms with van der Waals surface area (Å²) in [6.07, 6.45) is -3.81. The van der Waals surface area contributed by atoms with Crippen LogP contribution in [0.4, 0.5) is 17.6 Å². The monoisotopic (exact) mass is 295 g/mol. The summed E-state index contributed by atoms with van der Waals surface area (Å²) in [6, 6.07) is 0. The predicted molar refractivity (Wildman–Crippen MR) is 55.8 cm³/mol. The third kappa shape index (κ3) is 3.10. The maximum absolute atomic E-state index is 13.0. The lowest BCUT2D eigenvalue weighted by Gasteiger charge is -2.07. The number of nitrogens with one attached hydrogen (secondary N) is 2. The molecule has 2 aromatic rings. The minimum atomic E-state index is -5.03. The topological polar surface area (TPSA) is 87.3 Å². The number of hydrogen-bond donors (Lipinski definition) is 2. The number of aromatic nitrogens is 5. The molecule has 6 nitrogen and oxygen atoms in total.